The summed E-state index contributed by atoms with van der Waals surface area (Å²) < 4.78 is 4.31. The van der Waals surface area contributed by atoms with Gasteiger partial charge in [0.05, 0.1) is 6.04 Å². The van der Waals surface area contributed by atoms with Crippen LogP contribution in [0.25, 0.3) is 0 Å². The molecule has 0 radical (unpaired) electrons. The molecule has 0 bridgehead atoms. The van der Waals surface area contributed by atoms with Crippen molar-refractivity contribution in [3.8, 4) is 0 Å². The summed E-state index contributed by atoms with van der Waals surface area (Å²) in [5, 5.41) is 4.18. The molecule has 2 aromatic rings. The van der Waals surface area contributed by atoms with Crippen molar-refractivity contribution in [3.63, 3.8) is 0 Å². The fraction of sp³-hybridized carbons (Fsp3) is 0.385. The number of hydrogen-bond donors (Lipinski definition) is 1. The Hall–Kier alpha value is -1.13. The maximum atomic E-state index is 6.01. The van der Waals surface area contributed by atoms with Crippen molar-refractivity contribution in [1.29, 1.82) is 0 Å². The maximum Gasteiger partial charge on any atom is 0.203 e. The molecule has 0 spiro atoms. The number of alkyl halides is 1. The van der Waals surface area contributed by atoms with Crippen LogP contribution in [-0.4, -0.2) is 15.2 Å². The van der Waals surface area contributed by atoms with Crippen LogP contribution in [0, 0.1) is 0 Å². The zero-order valence-electron chi connectivity index (χ0n) is 10.3. The number of halogens is 1. The van der Waals surface area contributed by atoms with E-state index in [1.54, 1.807) is 0 Å². The molecule has 0 saturated carbocycles. The zero-order valence-corrected chi connectivity index (χ0v) is 11.8. The molecule has 0 saturated heterocycles. The van der Waals surface area contributed by atoms with E-state index in [2.05, 4.69) is 33.7 Å². The molecule has 0 amide bonds. The molecule has 1 unspecified atom stereocenters. The second-order valence-corrected chi connectivity index (χ2v) is 5.09. The predicted octanol–water partition coefficient (Wildman–Crippen LogP) is 3.88. The smallest absolute Gasteiger partial charge is 0.203 e. The highest BCUT2D eigenvalue weighted by Gasteiger charge is 2.12. The van der Waals surface area contributed by atoms with E-state index in [-0.39, 0.29) is 6.04 Å². The first kappa shape index (κ1) is 13.3. The van der Waals surface area contributed by atoms with E-state index in [4.69, 9.17) is 11.6 Å². The largest absolute Gasteiger partial charge is 0.352 e. The summed E-state index contributed by atoms with van der Waals surface area (Å²) in [6, 6.07) is 10.2. The fourth-order valence-corrected chi connectivity index (χ4v) is 2.60. The molecule has 1 N–H and O–H groups in total. The van der Waals surface area contributed by atoms with E-state index >= 15 is 0 Å². The Labute approximate surface area is 116 Å². The summed E-state index contributed by atoms with van der Waals surface area (Å²) in [6.07, 6.45) is 1.99. The minimum Gasteiger partial charge on any atom is -0.352 e. The molecular weight excluding hydrogens is 266 g/mol. The lowest BCUT2D eigenvalue weighted by Crippen LogP contribution is -2.12. The van der Waals surface area contributed by atoms with Crippen molar-refractivity contribution in [3.05, 3.63) is 41.7 Å². The van der Waals surface area contributed by atoms with E-state index in [0.717, 1.165) is 23.8 Å². The Morgan fingerprint density at radius 2 is 2.11 bits per heavy atom. The fourth-order valence-electron chi connectivity index (χ4n) is 1.68. The monoisotopic (exact) mass is 281 g/mol. The third kappa shape index (κ3) is 3.43. The maximum absolute atomic E-state index is 6.01. The Kier molecular flexibility index (Phi) is 4.96. The highest BCUT2D eigenvalue weighted by molar-refractivity contribution is 7.09. The molecule has 1 aromatic carbocycles. The molecule has 1 heterocycles. The Morgan fingerprint density at radius 3 is 2.78 bits per heavy atom. The first-order valence-corrected chi connectivity index (χ1v) is 7.34. The van der Waals surface area contributed by atoms with Crippen LogP contribution in [0.4, 0.5) is 5.13 Å². The molecule has 0 aliphatic heterocycles. The number of rotatable bonds is 6. The molecular formula is C13H16ClN3S. The Bertz CT molecular complexity index is 472. The minimum absolute atomic E-state index is 0.0790. The summed E-state index contributed by atoms with van der Waals surface area (Å²) >= 11 is 7.41. The average molecular weight is 282 g/mol. The first-order valence-electron chi connectivity index (χ1n) is 6.03. The number of nitrogens with zero attached hydrogens (tertiary/aromatic N) is 2. The van der Waals surface area contributed by atoms with Gasteiger partial charge in [0.25, 0.3) is 0 Å². The van der Waals surface area contributed by atoms with Gasteiger partial charge in [-0.15, -0.1) is 11.6 Å². The number of anilines is 1. The third-order valence-electron chi connectivity index (χ3n) is 2.60. The standard InChI is InChI=1S/C13H16ClN3S/c1-2-6-12-16-13(18-17-12)15-11(9-14)10-7-4-3-5-8-10/h3-5,7-8,11H,2,6,9H2,1H3,(H,15,16,17). The van der Waals surface area contributed by atoms with E-state index in [1.165, 1.54) is 17.1 Å². The van der Waals surface area contributed by atoms with Crippen LogP contribution in [0.3, 0.4) is 0 Å². The predicted molar refractivity (Wildman–Crippen MR) is 77.4 cm³/mol. The number of aryl methyl sites for hydroxylation is 1. The summed E-state index contributed by atoms with van der Waals surface area (Å²) in [5.74, 6) is 1.42. The number of hydrogen-bond acceptors (Lipinski definition) is 4. The summed E-state index contributed by atoms with van der Waals surface area (Å²) in [5.41, 5.74) is 1.17. The molecule has 0 aliphatic carbocycles. The van der Waals surface area contributed by atoms with Crippen molar-refractivity contribution < 1.29 is 0 Å². The van der Waals surface area contributed by atoms with E-state index in [0.29, 0.717) is 5.88 Å². The first-order chi connectivity index (χ1) is 8.83. The molecule has 0 aliphatic rings. The quantitative estimate of drug-likeness (QED) is 0.817. The molecule has 1 atom stereocenters. The van der Waals surface area contributed by atoms with Crippen LogP contribution in [-0.2, 0) is 6.42 Å². The highest BCUT2D eigenvalue weighted by Crippen LogP contribution is 2.22. The van der Waals surface area contributed by atoms with Crippen LogP contribution in [0.15, 0.2) is 30.3 Å². The Morgan fingerprint density at radius 1 is 1.33 bits per heavy atom. The number of nitrogens with one attached hydrogen (secondary N) is 1. The number of aromatic nitrogens is 2. The van der Waals surface area contributed by atoms with Crippen molar-refractivity contribution in [2.45, 2.75) is 25.8 Å². The lowest BCUT2D eigenvalue weighted by molar-refractivity contribution is 0.850. The third-order valence-corrected chi connectivity index (χ3v) is 3.59. The molecule has 5 heteroatoms. The molecule has 2 rings (SSSR count). The van der Waals surface area contributed by atoms with Crippen LogP contribution < -0.4 is 5.32 Å². The van der Waals surface area contributed by atoms with Gasteiger partial charge in [0.15, 0.2) is 0 Å². The van der Waals surface area contributed by atoms with Gasteiger partial charge in [0.1, 0.15) is 5.82 Å². The molecule has 0 fully saturated rings. The van der Waals surface area contributed by atoms with Crippen LogP contribution in [0.1, 0.15) is 30.8 Å². The second kappa shape index (κ2) is 6.71. The van der Waals surface area contributed by atoms with E-state index in [1.807, 2.05) is 18.2 Å². The van der Waals surface area contributed by atoms with Crippen LogP contribution in [0.2, 0.25) is 0 Å². The topological polar surface area (TPSA) is 37.8 Å². The number of benzene rings is 1. The van der Waals surface area contributed by atoms with Gasteiger partial charge in [0.2, 0.25) is 5.13 Å². The van der Waals surface area contributed by atoms with E-state index in [9.17, 15) is 0 Å². The van der Waals surface area contributed by atoms with Gasteiger partial charge < -0.3 is 5.32 Å². The van der Waals surface area contributed by atoms with E-state index < -0.39 is 0 Å². The van der Waals surface area contributed by atoms with Crippen molar-refractivity contribution in [2.24, 2.45) is 0 Å². The van der Waals surface area contributed by atoms with Gasteiger partial charge in [-0.1, -0.05) is 37.3 Å². The molecule has 1 aromatic heterocycles. The van der Waals surface area contributed by atoms with Gasteiger partial charge in [-0.3, -0.25) is 0 Å². The average Bonchev–Trinajstić information content (AvgIpc) is 2.85. The van der Waals surface area contributed by atoms with Gasteiger partial charge >= 0.3 is 0 Å². The Balaban J connectivity index is 2.06. The van der Waals surface area contributed by atoms with Crippen molar-refractivity contribution in [1.82, 2.24) is 9.36 Å². The van der Waals surface area contributed by atoms with Crippen LogP contribution in [0.5, 0.6) is 0 Å². The minimum atomic E-state index is 0.0790. The van der Waals surface area contributed by atoms with Gasteiger partial charge in [-0.2, -0.15) is 4.37 Å². The van der Waals surface area contributed by atoms with Crippen molar-refractivity contribution >= 4 is 28.3 Å². The van der Waals surface area contributed by atoms with Crippen LogP contribution >= 0.6 is 23.1 Å². The normalized spacial score (nSPS) is 12.3. The molecule has 3 nitrogen and oxygen atoms in total. The lowest BCUT2D eigenvalue weighted by Gasteiger charge is -2.14. The summed E-state index contributed by atoms with van der Waals surface area (Å²) in [6.45, 7) is 2.12. The molecule has 96 valence electrons. The second-order valence-electron chi connectivity index (χ2n) is 4.03. The zero-order chi connectivity index (χ0) is 12.8. The summed E-state index contributed by atoms with van der Waals surface area (Å²) in [7, 11) is 0. The summed E-state index contributed by atoms with van der Waals surface area (Å²) in [4.78, 5) is 4.45. The SMILES string of the molecule is CCCc1nsc(NC(CCl)c2ccccc2)n1. The molecule has 18 heavy (non-hydrogen) atoms. The van der Waals surface area contributed by atoms with Gasteiger partial charge in [-0.05, 0) is 12.0 Å². The van der Waals surface area contributed by atoms with Gasteiger partial charge in [-0.25, -0.2) is 4.98 Å². The highest BCUT2D eigenvalue weighted by atomic mass is 35.5. The lowest BCUT2D eigenvalue weighted by atomic mass is 10.1. The van der Waals surface area contributed by atoms with Gasteiger partial charge in [0, 0.05) is 23.8 Å². The van der Waals surface area contributed by atoms with Crippen molar-refractivity contribution in [2.75, 3.05) is 11.2 Å².